The Labute approximate surface area is 110 Å². The second-order valence-corrected chi connectivity index (χ2v) is 5.02. The molecule has 1 heterocycles. The fraction of sp³-hybridized carbons (Fsp3) is 0.438. The molecule has 0 saturated carbocycles. The van der Waals surface area contributed by atoms with Gasteiger partial charge >= 0.3 is 0 Å². The molecular formula is C16H23N2+. The van der Waals surface area contributed by atoms with Crippen molar-refractivity contribution in [3.63, 3.8) is 0 Å². The van der Waals surface area contributed by atoms with Crippen LogP contribution in [-0.4, -0.2) is 4.57 Å². The van der Waals surface area contributed by atoms with Crippen LogP contribution in [0.25, 0.3) is 5.69 Å². The molecule has 2 nitrogen and oxygen atoms in total. The first-order chi connectivity index (χ1) is 8.74. The molecule has 96 valence electrons. The number of hydrogen-bond donors (Lipinski definition) is 0. The summed E-state index contributed by atoms with van der Waals surface area (Å²) in [7, 11) is 0. The van der Waals surface area contributed by atoms with Crippen molar-refractivity contribution in [1.29, 1.82) is 0 Å². The number of para-hydroxylation sites is 1. The number of benzene rings is 1. The Kier molecular flexibility index (Phi) is 4.19. The lowest BCUT2D eigenvalue weighted by molar-refractivity contribution is -0.722. The van der Waals surface area contributed by atoms with Gasteiger partial charge in [0, 0.05) is 6.42 Å². The summed E-state index contributed by atoms with van der Waals surface area (Å²) >= 11 is 0. The molecule has 0 saturated heterocycles. The maximum Gasteiger partial charge on any atom is 0.261 e. The molecular weight excluding hydrogens is 220 g/mol. The number of hydrogen-bond acceptors (Lipinski definition) is 0. The molecule has 1 aromatic heterocycles. The Morgan fingerprint density at radius 2 is 1.89 bits per heavy atom. The van der Waals surface area contributed by atoms with E-state index in [-0.39, 0.29) is 0 Å². The monoisotopic (exact) mass is 243 g/mol. The van der Waals surface area contributed by atoms with Crippen molar-refractivity contribution < 1.29 is 4.57 Å². The average molecular weight is 243 g/mol. The molecule has 2 rings (SSSR count). The van der Waals surface area contributed by atoms with Crippen LogP contribution in [0.3, 0.4) is 0 Å². The van der Waals surface area contributed by atoms with E-state index in [2.05, 4.69) is 72.6 Å². The van der Waals surface area contributed by atoms with Gasteiger partial charge in [0.15, 0.2) is 0 Å². The fourth-order valence-corrected chi connectivity index (χ4v) is 2.31. The van der Waals surface area contributed by atoms with Crippen LogP contribution in [0.1, 0.15) is 45.5 Å². The van der Waals surface area contributed by atoms with Gasteiger partial charge in [-0.15, -0.1) is 0 Å². The Bertz CT molecular complexity index is 483. The van der Waals surface area contributed by atoms with Crippen molar-refractivity contribution in [2.45, 2.75) is 46.1 Å². The van der Waals surface area contributed by atoms with Crippen LogP contribution in [-0.2, 0) is 6.42 Å². The smallest absolute Gasteiger partial charge is 0.232 e. The molecule has 0 bridgehead atoms. The highest BCUT2D eigenvalue weighted by Gasteiger charge is 2.19. The standard InChI is InChI=1S/C16H23N2/c1-4-5-11-16-17(14(2)3)12-13-18(16)15-9-7-6-8-10-15/h6-10,12-14H,4-5,11H2,1-3H3/q+1. The summed E-state index contributed by atoms with van der Waals surface area (Å²) in [6.45, 7) is 6.73. The van der Waals surface area contributed by atoms with Crippen LogP contribution in [0.4, 0.5) is 0 Å². The molecule has 2 heteroatoms. The highest BCUT2D eigenvalue weighted by atomic mass is 15.2. The quantitative estimate of drug-likeness (QED) is 0.708. The molecule has 0 aliphatic heterocycles. The second-order valence-electron chi connectivity index (χ2n) is 5.02. The summed E-state index contributed by atoms with van der Waals surface area (Å²) in [5.74, 6) is 1.40. The van der Waals surface area contributed by atoms with E-state index < -0.39 is 0 Å². The Balaban J connectivity index is 2.41. The third-order valence-corrected chi connectivity index (χ3v) is 3.30. The number of imidazole rings is 1. The first-order valence-corrected chi connectivity index (χ1v) is 6.90. The minimum Gasteiger partial charge on any atom is -0.232 e. The van der Waals surface area contributed by atoms with Crippen molar-refractivity contribution in [2.75, 3.05) is 0 Å². The van der Waals surface area contributed by atoms with Crippen molar-refractivity contribution in [3.05, 3.63) is 48.5 Å². The van der Waals surface area contributed by atoms with Crippen LogP contribution in [0.2, 0.25) is 0 Å². The van der Waals surface area contributed by atoms with Crippen molar-refractivity contribution >= 4 is 0 Å². The van der Waals surface area contributed by atoms with Crippen LogP contribution < -0.4 is 4.57 Å². The molecule has 0 atom stereocenters. The van der Waals surface area contributed by atoms with Gasteiger partial charge in [-0.3, -0.25) is 0 Å². The molecule has 0 aliphatic carbocycles. The van der Waals surface area contributed by atoms with E-state index in [0.717, 1.165) is 6.42 Å². The molecule has 18 heavy (non-hydrogen) atoms. The van der Waals surface area contributed by atoms with E-state index in [0.29, 0.717) is 6.04 Å². The molecule has 0 aliphatic rings. The number of nitrogens with zero attached hydrogens (tertiary/aromatic N) is 2. The molecule has 0 N–H and O–H groups in total. The van der Waals surface area contributed by atoms with Gasteiger partial charge in [-0.2, -0.15) is 4.57 Å². The summed E-state index contributed by atoms with van der Waals surface area (Å²) in [4.78, 5) is 0. The highest BCUT2D eigenvalue weighted by Crippen LogP contribution is 2.12. The summed E-state index contributed by atoms with van der Waals surface area (Å²) in [5, 5.41) is 0. The van der Waals surface area contributed by atoms with E-state index in [1.165, 1.54) is 24.4 Å². The minimum atomic E-state index is 0.516. The zero-order valence-electron chi connectivity index (χ0n) is 11.6. The largest absolute Gasteiger partial charge is 0.261 e. The van der Waals surface area contributed by atoms with Crippen molar-refractivity contribution in [1.82, 2.24) is 4.57 Å². The topological polar surface area (TPSA) is 8.81 Å². The maximum absolute atomic E-state index is 2.38. The van der Waals surface area contributed by atoms with Gasteiger partial charge in [0.25, 0.3) is 5.82 Å². The van der Waals surface area contributed by atoms with Gasteiger partial charge in [0.1, 0.15) is 18.1 Å². The van der Waals surface area contributed by atoms with Gasteiger partial charge < -0.3 is 0 Å². The zero-order chi connectivity index (χ0) is 13.0. The lowest BCUT2D eigenvalue weighted by atomic mass is 10.2. The third-order valence-electron chi connectivity index (χ3n) is 3.30. The van der Waals surface area contributed by atoms with Crippen LogP contribution in [0.5, 0.6) is 0 Å². The molecule has 0 unspecified atom stereocenters. The molecule has 1 aromatic carbocycles. The summed E-state index contributed by atoms with van der Waals surface area (Å²) in [6, 6.07) is 11.1. The normalized spacial score (nSPS) is 11.1. The summed E-state index contributed by atoms with van der Waals surface area (Å²) < 4.78 is 4.69. The van der Waals surface area contributed by atoms with Gasteiger partial charge in [-0.05, 0) is 32.4 Å². The molecule has 2 aromatic rings. The van der Waals surface area contributed by atoms with Gasteiger partial charge in [0.05, 0.1) is 6.04 Å². The fourth-order valence-electron chi connectivity index (χ4n) is 2.31. The predicted octanol–water partition coefficient (Wildman–Crippen LogP) is 3.69. The summed E-state index contributed by atoms with van der Waals surface area (Å²) in [6.07, 6.45) is 7.99. The number of aromatic nitrogens is 2. The van der Waals surface area contributed by atoms with Gasteiger partial charge in [-0.1, -0.05) is 31.5 Å². The van der Waals surface area contributed by atoms with E-state index in [1.807, 2.05) is 0 Å². The van der Waals surface area contributed by atoms with Gasteiger partial charge in [0.2, 0.25) is 0 Å². The van der Waals surface area contributed by atoms with Crippen molar-refractivity contribution in [3.8, 4) is 5.69 Å². The predicted molar refractivity (Wildman–Crippen MR) is 75.0 cm³/mol. The first-order valence-electron chi connectivity index (χ1n) is 6.90. The minimum absolute atomic E-state index is 0.516. The third kappa shape index (κ3) is 2.63. The Morgan fingerprint density at radius 3 is 2.50 bits per heavy atom. The lowest BCUT2D eigenvalue weighted by Crippen LogP contribution is -2.39. The van der Waals surface area contributed by atoms with Crippen LogP contribution >= 0.6 is 0 Å². The zero-order valence-corrected chi connectivity index (χ0v) is 11.6. The second kappa shape index (κ2) is 5.85. The first kappa shape index (κ1) is 12.9. The highest BCUT2D eigenvalue weighted by molar-refractivity contribution is 5.31. The molecule has 0 amide bonds. The van der Waals surface area contributed by atoms with Crippen LogP contribution in [0.15, 0.2) is 42.7 Å². The number of unbranched alkanes of at least 4 members (excludes halogenated alkanes) is 1. The lowest BCUT2D eigenvalue weighted by Gasteiger charge is -2.07. The van der Waals surface area contributed by atoms with Crippen LogP contribution in [0, 0.1) is 0 Å². The summed E-state index contributed by atoms with van der Waals surface area (Å²) in [5.41, 5.74) is 1.25. The average Bonchev–Trinajstić information content (AvgIpc) is 2.81. The van der Waals surface area contributed by atoms with E-state index in [4.69, 9.17) is 0 Å². The van der Waals surface area contributed by atoms with Crippen molar-refractivity contribution in [2.24, 2.45) is 0 Å². The SMILES string of the molecule is CCCCc1n(-c2ccccc2)cc[n+]1C(C)C. The van der Waals surface area contributed by atoms with Gasteiger partial charge in [-0.25, -0.2) is 4.57 Å². The molecule has 0 spiro atoms. The van der Waals surface area contributed by atoms with E-state index in [1.54, 1.807) is 0 Å². The molecule has 0 fully saturated rings. The van der Waals surface area contributed by atoms with E-state index in [9.17, 15) is 0 Å². The maximum atomic E-state index is 2.38. The Morgan fingerprint density at radius 1 is 1.17 bits per heavy atom. The van der Waals surface area contributed by atoms with E-state index >= 15 is 0 Å². The Hall–Kier alpha value is -1.57. The molecule has 0 radical (unpaired) electrons. The number of rotatable bonds is 5.